The minimum Gasteiger partial charge on any atom is -0.485 e. The van der Waals surface area contributed by atoms with Crippen LogP contribution in [0.3, 0.4) is 0 Å². The Morgan fingerprint density at radius 2 is 1.78 bits per heavy atom. The lowest BCUT2D eigenvalue weighted by molar-refractivity contribution is 0.111. The zero-order valence-corrected chi connectivity index (χ0v) is 10.9. The fourth-order valence-corrected chi connectivity index (χ4v) is 1.29. The lowest BCUT2D eigenvalue weighted by Gasteiger charge is -2.14. The minimum atomic E-state index is 0.355. The minimum absolute atomic E-state index is 0.355. The molecule has 0 aliphatic heterocycles. The van der Waals surface area contributed by atoms with Crippen LogP contribution in [0, 0.1) is 0 Å². The number of rotatable bonds is 7. The van der Waals surface area contributed by atoms with Gasteiger partial charge in [-0.3, -0.25) is 4.79 Å². The first-order valence-electron chi connectivity index (χ1n) is 5.67. The summed E-state index contributed by atoms with van der Waals surface area (Å²) >= 11 is 0. The number of hydrogen-bond acceptors (Lipinski definition) is 3. The van der Waals surface area contributed by atoms with Crippen molar-refractivity contribution in [3.8, 4) is 11.5 Å². The highest BCUT2D eigenvalue weighted by atomic mass is 16.5. The van der Waals surface area contributed by atoms with Crippen molar-refractivity contribution < 1.29 is 14.3 Å². The van der Waals surface area contributed by atoms with Gasteiger partial charge in [0.05, 0.1) is 5.56 Å². The normalized spacial score (nSPS) is 9.67. The summed E-state index contributed by atoms with van der Waals surface area (Å²) in [4.78, 5) is 11.0. The topological polar surface area (TPSA) is 35.5 Å². The van der Waals surface area contributed by atoms with Gasteiger partial charge >= 0.3 is 0 Å². The van der Waals surface area contributed by atoms with Crippen molar-refractivity contribution in [2.24, 2.45) is 0 Å². The van der Waals surface area contributed by atoms with Crippen molar-refractivity contribution in [1.29, 1.82) is 0 Å². The largest absolute Gasteiger partial charge is 0.485 e. The molecule has 18 heavy (non-hydrogen) atoms. The maximum Gasteiger partial charge on any atom is 0.172 e. The van der Waals surface area contributed by atoms with Gasteiger partial charge in [0.25, 0.3) is 0 Å². The molecular formula is C15H18O3. The molecular weight excluding hydrogens is 228 g/mol. The van der Waals surface area contributed by atoms with Crippen LogP contribution in [-0.4, -0.2) is 19.5 Å². The van der Waals surface area contributed by atoms with Crippen LogP contribution < -0.4 is 9.47 Å². The van der Waals surface area contributed by atoms with E-state index >= 15 is 0 Å². The molecule has 0 spiro atoms. The van der Waals surface area contributed by atoms with Crippen LogP contribution in [0.2, 0.25) is 0 Å². The van der Waals surface area contributed by atoms with Gasteiger partial charge in [0, 0.05) is 0 Å². The second-order valence-electron chi connectivity index (χ2n) is 4.28. The lowest BCUT2D eigenvalue weighted by Crippen LogP contribution is -2.05. The molecule has 0 bridgehead atoms. The molecule has 96 valence electrons. The molecule has 0 saturated carbocycles. The van der Waals surface area contributed by atoms with Crippen molar-refractivity contribution in [3.63, 3.8) is 0 Å². The highest BCUT2D eigenvalue weighted by Gasteiger charge is 2.10. The van der Waals surface area contributed by atoms with Crippen LogP contribution in [0.15, 0.2) is 42.5 Å². The molecule has 0 amide bonds. The summed E-state index contributed by atoms with van der Waals surface area (Å²) in [6, 6.07) is 5.21. The molecule has 1 aromatic rings. The summed E-state index contributed by atoms with van der Waals surface area (Å²) in [6.45, 7) is 12.0. The third-order valence-electron chi connectivity index (χ3n) is 2.07. The van der Waals surface area contributed by atoms with Crippen LogP contribution in [0.5, 0.6) is 11.5 Å². The first-order valence-corrected chi connectivity index (χ1v) is 5.67. The standard InChI is InChI=1S/C15H18O3/c1-11(2)9-17-14-7-5-6-13(8-16)15(14)18-10-12(3)4/h5-8H,1,3,9-10H2,2,4H3. The Morgan fingerprint density at radius 3 is 2.33 bits per heavy atom. The number of aldehydes is 1. The van der Waals surface area contributed by atoms with E-state index in [4.69, 9.17) is 9.47 Å². The Balaban J connectivity index is 2.95. The van der Waals surface area contributed by atoms with E-state index in [0.29, 0.717) is 30.3 Å². The van der Waals surface area contributed by atoms with Crippen LogP contribution in [-0.2, 0) is 0 Å². The van der Waals surface area contributed by atoms with Gasteiger partial charge in [0.1, 0.15) is 13.2 Å². The average Bonchev–Trinajstić information content (AvgIpc) is 2.33. The monoisotopic (exact) mass is 246 g/mol. The van der Waals surface area contributed by atoms with E-state index < -0.39 is 0 Å². The molecule has 0 aromatic heterocycles. The third-order valence-corrected chi connectivity index (χ3v) is 2.07. The van der Waals surface area contributed by atoms with Gasteiger partial charge in [0.2, 0.25) is 0 Å². The van der Waals surface area contributed by atoms with E-state index in [0.717, 1.165) is 17.4 Å². The molecule has 0 aliphatic rings. The second-order valence-corrected chi connectivity index (χ2v) is 4.28. The summed E-state index contributed by atoms with van der Waals surface area (Å²) in [7, 11) is 0. The van der Waals surface area contributed by atoms with Gasteiger partial charge < -0.3 is 9.47 Å². The Labute approximate surface area is 108 Å². The number of carbonyl (C=O) groups excluding carboxylic acids is 1. The zero-order valence-electron chi connectivity index (χ0n) is 10.9. The van der Waals surface area contributed by atoms with Crippen molar-refractivity contribution in [2.45, 2.75) is 13.8 Å². The number of para-hydroxylation sites is 1. The summed E-state index contributed by atoms with van der Waals surface area (Å²) in [5.74, 6) is 1.00. The fraction of sp³-hybridized carbons (Fsp3) is 0.267. The van der Waals surface area contributed by atoms with E-state index in [2.05, 4.69) is 13.2 Å². The molecule has 0 atom stereocenters. The highest BCUT2D eigenvalue weighted by molar-refractivity contribution is 5.81. The van der Waals surface area contributed by atoms with Gasteiger partial charge in [-0.1, -0.05) is 19.2 Å². The number of benzene rings is 1. The van der Waals surface area contributed by atoms with Crippen LogP contribution in [0.1, 0.15) is 24.2 Å². The van der Waals surface area contributed by atoms with Crippen LogP contribution >= 0.6 is 0 Å². The Kier molecular flexibility index (Phi) is 5.18. The maximum absolute atomic E-state index is 11.0. The summed E-state index contributed by atoms with van der Waals surface area (Å²) in [5.41, 5.74) is 2.24. The van der Waals surface area contributed by atoms with Crippen molar-refractivity contribution in [3.05, 3.63) is 48.1 Å². The molecule has 0 radical (unpaired) electrons. The van der Waals surface area contributed by atoms with E-state index in [1.54, 1.807) is 18.2 Å². The van der Waals surface area contributed by atoms with Crippen molar-refractivity contribution in [1.82, 2.24) is 0 Å². The highest BCUT2D eigenvalue weighted by Crippen LogP contribution is 2.30. The van der Waals surface area contributed by atoms with E-state index in [9.17, 15) is 4.79 Å². The van der Waals surface area contributed by atoms with Gasteiger partial charge in [-0.05, 0) is 37.1 Å². The molecule has 0 aliphatic carbocycles. The van der Waals surface area contributed by atoms with Gasteiger partial charge in [0.15, 0.2) is 17.8 Å². The summed E-state index contributed by atoms with van der Waals surface area (Å²) < 4.78 is 11.1. The third kappa shape index (κ3) is 4.09. The Morgan fingerprint density at radius 1 is 1.17 bits per heavy atom. The Bertz CT molecular complexity index is 461. The fourth-order valence-electron chi connectivity index (χ4n) is 1.29. The van der Waals surface area contributed by atoms with Crippen LogP contribution in [0.4, 0.5) is 0 Å². The van der Waals surface area contributed by atoms with Gasteiger partial charge in [-0.2, -0.15) is 0 Å². The maximum atomic E-state index is 11.0. The molecule has 0 fully saturated rings. The molecule has 0 unspecified atom stereocenters. The molecule has 1 rings (SSSR count). The SMILES string of the molecule is C=C(C)COc1cccc(C=O)c1OCC(=C)C. The zero-order chi connectivity index (χ0) is 13.5. The second kappa shape index (κ2) is 6.64. The van der Waals surface area contributed by atoms with E-state index in [1.807, 2.05) is 13.8 Å². The predicted octanol–water partition coefficient (Wildman–Crippen LogP) is 3.41. The van der Waals surface area contributed by atoms with E-state index in [-0.39, 0.29) is 0 Å². The molecule has 0 saturated heterocycles. The molecule has 3 nitrogen and oxygen atoms in total. The van der Waals surface area contributed by atoms with Crippen LogP contribution in [0.25, 0.3) is 0 Å². The number of hydrogen-bond donors (Lipinski definition) is 0. The number of ether oxygens (including phenoxy) is 2. The van der Waals surface area contributed by atoms with Gasteiger partial charge in [-0.25, -0.2) is 0 Å². The Hall–Kier alpha value is -2.03. The van der Waals surface area contributed by atoms with E-state index in [1.165, 1.54) is 0 Å². The van der Waals surface area contributed by atoms with Crippen molar-refractivity contribution >= 4 is 6.29 Å². The lowest BCUT2D eigenvalue weighted by atomic mass is 10.2. The number of carbonyl (C=O) groups is 1. The molecule has 0 N–H and O–H groups in total. The quantitative estimate of drug-likeness (QED) is 0.546. The molecule has 0 heterocycles. The summed E-state index contributed by atoms with van der Waals surface area (Å²) in [6.07, 6.45) is 0.751. The smallest absolute Gasteiger partial charge is 0.172 e. The molecule has 1 aromatic carbocycles. The first kappa shape index (κ1) is 14.0. The molecule has 3 heteroatoms. The van der Waals surface area contributed by atoms with Crippen molar-refractivity contribution in [2.75, 3.05) is 13.2 Å². The summed E-state index contributed by atoms with van der Waals surface area (Å²) in [5, 5.41) is 0. The predicted molar refractivity (Wildman–Crippen MR) is 72.4 cm³/mol. The average molecular weight is 246 g/mol. The first-order chi connectivity index (χ1) is 8.54. The van der Waals surface area contributed by atoms with Gasteiger partial charge in [-0.15, -0.1) is 0 Å².